The van der Waals surface area contributed by atoms with E-state index in [4.69, 9.17) is 5.73 Å². The van der Waals surface area contributed by atoms with Gasteiger partial charge in [-0.25, -0.2) is 0 Å². The van der Waals surface area contributed by atoms with E-state index in [0.29, 0.717) is 12.4 Å². The number of anilines is 3. The Bertz CT molecular complexity index is 481. The van der Waals surface area contributed by atoms with E-state index in [1.165, 1.54) is 6.92 Å². The summed E-state index contributed by atoms with van der Waals surface area (Å²) in [7, 11) is 0. The molecule has 0 saturated carbocycles. The van der Waals surface area contributed by atoms with Crippen molar-refractivity contribution in [3.05, 3.63) is 10.4 Å². The van der Waals surface area contributed by atoms with Gasteiger partial charge in [0.25, 0.3) is 5.56 Å². The van der Waals surface area contributed by atoms with Gasteiger partial charge >= 0.3 is 0 Å². The lowest BCUT2D eigenvalue weighted by Crippen LogP contribution is -2.48. The molecule has 2 rings (SSSR count). The van der Waals surface area contributed by atoms with Crippen molar-refractivity contribution in [3.63, 3.8) is 0 Å². The molecule has 1 aliphatic rings. The molecule has 8 nitrogen and oxygen atoms in total. The second-order valence-corrected chi connectivity index (χ2v) is 4.04. The quantitative estimate of drug-likeness (QED) is 0.418. The van der Waals surface area contributed by atoms with E-state index in [-0.39, 0.29) is 36.4 Å². The Morgan fingerprint density at radius 2 is 2.05 bits per heavy atom. The summed E-state index contributed by atoms with van der Waals surface area (Å²) in [5.41, 5.74) is 5.11. The summed E-state index contributed by atoms with van der Waals surface area (Å²) in [6.45, 7) is 1.84. The minimum absolute atomic E-state index is 0. The molecule has 3 atom stereocenters. The first-order valence-corrected chi connectivity index (χ1v) is 5.25. The Morgan fingerprint density at radius 3 is 2.63 bits per heavy atom. The predicted molar refractivity (Wildman–Crippen MR) is 77.4 cm³/mol. The Kier molecular flexibility index (Phi) is 6.37. The maximum atomic E-state index is 11.6. The third kappa shape index (κ3) is 3.63. The van der Waals surface area contributed by atoms with Gasteiger partial charge in [-0.05, 0) is 6.92 Å². The smallest absolute Gasteiger partial charge is 0.300 e. The fraction of sp³-hybridized carbons (Fsp3) is 0.556. The molecule has 0 aromatic carbocycles. The van der Waals surface area contributed by atoms with Crippen LogP contribution in [0, 0.1) is 0 Å². The summed E-state index contributed by atoms with van der Waals surface area (Å²) in [5.74, 6) is 0.467. The highest BCUT2D eigenvalue weighted by atomic mass is 35.5. The number of aliphatic hydroxyl groups is 2. The Labute approximate surface area is 121 Å². The van der Waals surface area contributed by atoms with Crippen molar-refractivity contribution in [2.75, 3.05) is 22.9 Å². The molecule has 1 aromatic rings. The Morgan fingerprint density at radius 1 is 1.42 bits per heavy atom. The highest BCUT2D eigenvalue weighted by Gasteiger charge is 2.29. The van der Waals surface area contributed by atoms with Crippen LogP contribution in [0.5, 0.6) is 0 Å². The van der Waals surface area contributed by atoms with E-state index in [2.05, 4.69) is 20.6 Å². The first kappa shape index (κ1) is 17.8. The monoisotopic (exact) mass is 313 g/mol. The van der Waals surface area contributed by atoms with E-state index in [9.17, 15) is 15.0 Å². The number of H-pyrrole nitrogens is 1. The molecular formula is C9H17Cl2N5O3. The lowest BCUT2D eigenvalue weighted by Gasteiger charge is -2.31. The first-order chi connectivity index (χ1) is 7.99. The maximum absolute atomic E-state index is 11.6. The van der Waals surface area contributed by atoms with Crippen LogP contribution in [0.1, 0.15) is 6.92 Å². The van der Waals surface area contributed by atoms with Gasteiger partial charge in [-0.3, -0.25) is 4.79 Å². The number of hydrogen-bond donors (Lipinski definition) is 6. The van der Waals surface area contributed by atoms with Crippen LogP contribution in [-0.4, -0.2) is 45.0 Å². The molecule has 0 spiro atoms. The second kappa shape index (κ2) is 6.80. The van der Waals surface area contributed by atoms with E-state index in [1.54, 1.807) is 0 Å². The standard InChI is InChI=1S/C9H15N5O3.2ClH/c1-3(15)6(16)4-2-11-7-5(12-4)8(17)14-9(10)13-7;;/h3-4,6,12,15-16H,2H2,1H3,(H4,10,11,13,14,17);2*1H. The van der Waals surface area contributed by atoms with Gasteiger partial charge in [0.2, 0.25) is 5.95 Å². The van der Waals surface area contributed by atoms with Crippen molar-refractivity contribution in [3.8, 4) is 0 Å². The molecule has 3 unspecified atom stereocenters. The molecule has 1 aromatic heterocycles. The summed E-state index contributed by atoms with van der Waals surface area (Å²) < 4.78 is 0. The number of fused-ring (bicyclic) bond motifs is 1. The zero-order chi connectivity index (χ0) is 12.6. The van der Waals surface area contributed by atoms with Gasteiger partial charge in [0.15, 0.2) is 0 Å². The minimum Gasteiger partial charge on any atom is -0.391 e. The van der Waals surface area contributed by atoms with Crippen LogP contribution in [0.25, 0.3) is 0 Å². The molecule has 19 heavy (non-hydrogen) atoms. The fourth-order valence-corrected chi connectivity index (χ4v) is 1.75. The summed E-state index contributed by atoms with van der Waals surface area (Å²) in [6.07, 6.45) is -1.87. The number of aromatic amines is 1. The third-order valence-corrected chi connectivity index (χ3v) is 2.67. The number of halogens is 2. The molecular weight excluding hydrogens is 297 g/mol. The predicted octanol–water partition coefficient (Wildman–Crippen LogP) is -0.857. The molecule has 0 fully saturated rings. The number of aromatic nitrogens is 2. The van der Waals surface area contributed by atoms with Crippen LogP contribution in [0.4, 0.5) is 17.5 Å². The second-order valence-electron chi connectivity index (χ2n) is 4.04. The summed E-state index contributed by atoms with van der Waals surface area (Å²) in [6, 6.07) is -0.464. The van der Waals surface area contributed by atoms with Gasteiger partial charge in [0.05, 0.1) is 12.1 Å². The van der Waals surface area contributed by atoms with Crippen LogP contribution in [0.15, 0.2) is 4.79 Å². The van der Waals surface area contributed by atoms with Crippen LogP contribution in [0.3, 0.4) is 0 Å². The molecule has 0 saturated heterocycles. The maximum Gasteiger partial charge on any atom is 0.300 e. The lowest BCUT2D eigenvalue weighted by atomic mass is 10.0. The van der Waals surface area contributed by atoms with Gasteiger partial charge in [-0.1, -0.05) is 0 Å². The van der Waals surface area contributed by atoms with Crippen molar-refractivity contribution in [2.24, 2.45) is 0 Å². The van der Waals surface area contributed by atoms with Crippen LogP contribution in [0.2, 0.25) is 0 Å². The fourth-order valence-electron chi connectivity index (χ4n) is 1.75. The zero-order valence-electron chi connectivity index (χ0n) is 10.1. The summed E-state index contributed by atoms with van der Waals surface area (Å²) >= 11 is 0. The summed E-state index contributed by atoms with van der Waals surface area (Å²) in [5, 5.41) is 24.8. The molecule has 7 N–H and O–H groups in total. The van der Waals surface area contributed by atoms with Crippen LogP contribution < -0.4 is 21.9 Å². The van der Waals surface area contributed by atoms with E-state index in [0.717, 1.165) is 0 Å². The van der Waals surface area contributed by atoms with Crippen LogP contribution >= 0.6 is 24.8 Å². The normalized spacial score (nSPS) is 19.6. The molecule has 0 amide bonds. The first-order valence-electron chi connectivity index (χ1n) is 5.25. The van der Waals surface area contributed by atoms with Crippen molar-refractivity contribution < 1.29 is 10.2 Å². The van der Waals surface area contributed by atoms with E-state index < -0.39 is 23.8 Å². The molecule has 1 aliphatic heterocycles. The van der Waals surface area contributed by atoms with Gasteiger partial charge in [0.1, 0.15) is 17.6 Å². The SMILES string of the molecule is CC(O)C(O)C1CNc2[nH]c(N)nc(=O)c2N1.Cl.Cl. The average molecular weight is 314 g/mol. The highest BCUT2D eigenvalue weighted by molar-refractivity contribution is 5.85. The number of hydrogen-bond acceptors (Lipinski definition) is 7. The minimum atomic E-state index is -0.979. The zero-order valence-corrected chi connectivity index (χ0v) is 11.7. The van der Waals surface area contributed by atoms with Gasteiger partial charge < -0.3 is 31.6 Å². The molecule has 2 heterocycles. The van der Waals surface area contributed by atoms with Crippen molar-refractivity contribution >= 4 is 42.3 Å². The average Bonchev–Trinajstić information content (AvgIpc) is 2.27. The van der Waals surface area contributed by atoms with Gasteiger partial charge in [-0.2, -0.15) is 4.98 Å². The number of nitrogens with zero attached hydrogens (tertiary/aromatic N) is 1. The molecule has 0 bridgehead atoms. The molecule has 10 heteroatoms. The van der Waals surface area contributed by atoms with E-state index in [1.807, 2.05) is 0 Å². The highest BCUT2D eigenvalue weighted by Crippen LogP contribution is 2.21. The van der Waals surface area contributed by atoms with Gasteiger partial charge in [-0.15, -0.1) is 24.8 Å². The number of nitrogen functional groups attached to an aromatic ring is 1. The molecule has 0 aliphatic carbocycles. The van der Waals surface area contributed by atoms with Gasteiger partial charge in [0, 0.05) is 6.54 Å². The Hall–Kier alpha value is -1.22. The number of nitrogens with one attached hydrogen (secondary N) is 3. The topological polar surface area (TPSA) is 136 Å². The number of nitrogens with two attached hydrogens (primary N) is 1. The van der Waals surface area contributed by atoms with Crippen LogP contribution in [-0.2, 0) is 0 Å². The Balaban J connectivity index is 0.00000162. The third-order valence-electron chi connectivity index (χ3n) is 2.67. The van der Waals surface area contributed by atoms with Crippen molar-refractivity contribution in [1.82, 2.24) is 9.97 Å². The van der Waals surface area contributed by atoms with Crippen molar-refractivity contribution in [2.45, 2.75) is 25.2 Å². The lowest BCUT2D eigenvalue weighted by molar-refractivity contribution is 0.0214. The molecule has 0 radical (unpaired) electrons. The molecule has 110 valence electrons. The number of aliphatic hydroxyl groups excluding tert-OH is 2. The van der Waals surface area contributed by atoms with E-state index >= 15 is 0 Å². The van der Waals surface area contributed by atoms with Crippen molar-refractivity contribution in [1.29, 1.82) is 0 Å². The largest absolute Gasteiger partial charge is 0.391 e. The summed E-state index contributed by atoms with van der Waals surface area (Å²) in [4.78, 5) is 17.8. The number of rotatable bonds is 2.